The molecule has 0 spiro atoms. The Morgan fingerprint density at radius 2 is 1.69 bits per heavy atom. The van der Waals surface area contributed by atoms with Crippen molar-refractivity contribution >= 4 is 23.0 Å². The second kappa shape index (κ2) is 6.78. The second-order valence-corrected chi connectivity index (χ2v) is 5.35. The van der Waals surface area contributed by atoms with Crippen molar-refractivity contribution in [1.29, 1.82) is 0 Å². The molecule has 0 aliphatic carbocycles. The Hall–Kier alpha value is -0.710. The van der Waals surface area contributed by atoms with Gasteiger partial charge >= 0.3 is 5.97 Å². The normalized spacial score (nSPS) is 11.1. The van der Waals surface area contributed by atoms with Crippen LogP contribution in [0.15, 0.2) is 0 Å². The Morgan fingerprint density at radius 1 is 1.19 bits per heavy atom. The number of nitrogens with zero attached hydrogens (tertiary/aromatic N) is 1. The highest BCUT2D eigenvalue weighted by molar-refractivity contribution is 8.15. The molecule has 0 aromatic carbocycles. The molecular formula is C11H21NO3S. The predicted molar refractivity (Wildman–Crippen MR) is 66.6 cm³/mol. The minimum Gasteiger partial charge on any atom is -0.465 e. The quantitative estimate of drug-likeness (QED) is 0.700. The number of esters is 1. The summed E-state index contributed by atoms with van der Waals surface area (Å²) in [6, 6.07) is 0. The first-order valence-electron chi connectivity index (χ1n) is 5.54. The topological polar surface area (TPSA) is 46.6 Å². The zero-order chi connectivity index (χ0) is 12.8. The predicted octanol–water partition coefficient (Wildman–Crippen LogP) is 2.52. The lowest BCUT2D eigenvalue weighted by atomic mass is 10.2. The van der Waals surface area contributed by atoms with Crippen LogP contribution in [0.25, 0.3) is 0 Å². The number of rotatable bonds is 5. The van der Waals surface area contributed by atoms with Crippen LogP contribution in [-0.4, -0.2) is 40.6 Å². The third-order valence-corrected chi connectivity index (χ3v) is 3.24. The van der Waals surface area contributed by atoms with E-state index in [1.807, 2.05) is 13.8 Å². The van der Waals surface area contributed by atoms with Gasteiger partial charge in [0.2, 0.25) is 0 Å². The van der Waals surface area contributed by atoms with E-state index in [0.29, 0.717) is 19.7 Å². The molecule has 1 amide bonds. The average molecular weight is 247 g/mol. The van der Waals surface area contributed by atoms with Crippen LogP contribution in [0.4, 0.5) is 4.79 Å². The molecule has 5 heteroatoms. The third-order valence-electron chi connectivity index (χ3n) is 2.13. The molecule has 94 valence electrons. The fraction of sp³-hybridized carbons (Fsp3) is 0.818. The highest BCUT2D eigenvalue weighted by atomic mass is 32.2. The molecule has 0 aliphatic rings. The first-order valence-corrected chi connectivity index (χ1v) is 6.35. The van der Waals surface area contributed by atoms with Crippen molar-refractivity contribution in [3.05, 3.63) is 0 Å². The minimum absolute atomic E-state index is 0.0805. The summed E-state index contributed by atoms with van der Waals surface area (Å²) in [6.07, 6.45) is 0. The molecule has 0 bridgehead atoms. The summed E-state index contributed by atoms with van der Waals surface area (Å²) in [5.41, 5.74) is 0. The van der Waals surface area contributed by atoms with Crippen LogP contribution in [-0.2, 0) is 9.53 Å². The fourth-order valence-electron chi connectivity index (χ4n) is 1.11. The molecule has 0 saturated carbocycles. The van der Waals surface area contributed by atoms with Gasteiger partial charge in [-0.25, -0.2) is 0 Å². The standard InChI is InChI=1S/C11H21NO3S/c1-6-12(7-2)10(14)16-11(4,5)9(13)15-8-3/h6-8H2,1-5H3. The van der Waals surface area contributed by atoms with Crippen LogP contribution >= 0.6 is 11.8 Å². The smallest absolute Gasteiger partial charge is 0.322 e. The Labute approximate surface area is 102 Å². The number of amides is 1. The monoisotopic (exact) mass is 247 g/mol. The zero-order valence-electron chi connectivity index (χ0n) is 10.7. The van der Waals surface area contributed by atoms with E-state index < -0.39 is 4.75 Å². The number of carbonyl (C=O) groups excluding carboxylic acids is 2. The Balaban J connectivity index is 4.45. The van der Waals surface area contributed by atoms with Gasteiger partial charge < -0.3 is 9.64 Å². The summed E-state index contributed by atoms with van der Waals surface area (Å²) in [4.78, 5) is 25.1. The maximum absolute atomic E-state index is 11.8. The summed E-state index contributed by atoms with van der Waals surface area (Å²) in [7, 11) is 0. The molecule has 0 N–H and O–H groups in total. The van der Waals surface area contributed by atoms with Gasteiger partial charge in [-0.15, -0.1) is 0 Å². The summed E-state index contributed by atoms with van der Waals surface area (Å²) in [6.45, 7) is 10.6. The first-order chi connectivity index (χ1) is 7.38. The van der Waals surface area contributed by atoms with E-state index in [1.165, 1.54) is 0 Å². The average Bonchev–Trinajstić information content (AvgIpc) is 2.19. The number of ether oxygens (including phenoxy) is 1. The maximum atomic E-state index is 11.8. The van der Waals surface area contributed by atoms with Crippen LogP contribution in [0.2, 0.25) is 0 Å². The third kappa shape index (κ3) is 4.43. The van der Waals surface area contributed by atoms with Gasteiger partial charge in [-0.2, -0.15) is 0 Å². The van der Waals surface area contributed by atoms with Crippen LogP contribution in [0.1, 0.15) is 34.6 Å². The molecule has 0 aliphatic heterocycles. The summed E-state index contributed by atoms with van der Waals surface area (Å²) >= 11 is 1.02. The maximum Gasteiger partial charge on any atom is 0.322 e. The van der Waals surface area contributed by atoms with Crippen LogP contribution in [0, 0.1) is 0 Å². The number of thioether (sulfide) groups is 1. The Morgan fingerprint density at radius 3 is 2.06 bits per heavy atom. The molecule has 0 saturated heterocycles. The van der Waals surface area contributed by atoms with Crippen LogP contribution in [0.5, 0.6) is 0 Å². The lowest BCUT2D eigenvalue weighted by molar-refractivity contribution is -0.145. The van der Waals surface area contributed by atoms with Crippen molar-refractivity contribution in [3.63, 3.8) is 0 Å². The summed E-state index contributed by atoms with van der Waals surface area (Å²) < 4.78 is 4.10. The van der Waals surface area contributed by atoms with Crippen LogP contribution < -0.4 is 0 Å². The van der Waals surface area contributed by atoms with Crippen molar-refractivity contribution in [3.8, 4) is 0 Å². The number of hydrogen-bond donors (Lipinski definition) is 0. The molecule has 0 aromatic rings. The van der Waals surface area contributed by atoms with E-state index in [2.05, 4.69) is 0 Å². The molecule has 0 unspecified atom stereocenters. The molecule has 0 heterocycles. The van der Waals surface area contributed by atoms with Crippen molar-refractivity contribution in [2.45, 2.75) is 39.4 Å². The fourth-order valence-corrected chi connectivity index (χ4v) is 2.08. The van der Waals surface area contributed by atoms with E-state index in [0.717, 1.165) is 11.8 Å². The molecule has 16 heavy (non-hydrogen) atoms. The summed E-state index contributed by atoms with van der Waals surface area (Å²) in [5, 5.41) is -0.0805. The number of carbonyl (C=O) groups is 2. The molecular weight excluding hydrogens is 226 g/mol. The second-order valence-electron chi connectivity index (χ2n) is 3.77. The van der Waals surface area contributed by atoms with E-state index in [1.54, 1.807) is 25.7 Å². The molecule has 0 fully saturated rings. The molecule has 0 radical (unpaired) electrons. The van der Waals surface area contributed by atoms with Gasteiger partial charge in [-0.05, 0) is 46.4 Å². The largest absolute Gasteiger partial charge is 0.465 e. The number of hydrogen-bond acceptors (Lipinski definition) is 4. The molecule has 0 aromatic heterocycles. The van der Waals surface area contributed by atoms with Gasteiger partial charge in [0, 0.05) is 13.1 Å². The molecule has 4 nitrogen and oxygen atoms in total. The van der Waals surface area contributed by atoms with Crippen molar-refractivity contribution in [2.24, 2.45) is 0 Å². The van der Waals surface area contributed by atoms with Crippen molar-refractivity contribution < 1.29 is 14.3 Å². The Kier molecular flexibility index (Phi) is 6.48. The van der Waals surface area contributed by atoms with E-state index in [9.17, 15) is 9.59 Å². The lowest BCUT2D eigenvalue weighted by Crippen LogP contribution is -2.36. The van der Waals surface area contributed by atoms with Gasteiger partial charge in [0.1, 0.15) is 4.75 Å². The zero-order valence-corrected chi connectivity index (χ0v) is 11.5. The summed E-state index contributed by atoms with van der Waals surface area (Å²) in [5.74, 6) is -0.347. The molecule has 0 atom stereocenters. The van der Waals surface area contributed by atoms with E-state index in [4.69, 9.17) is 4.74 Å². The van der Waals surface area contributed by atoms with Crippen molar-refractivity contribution in [2.75, 3.05) is 19.7 Å². The lowest BCUT2D eigenvalue weighted by Gasteiger charge is -2.25. The SMILES string of the molecule is CCOC(=O)C(C)(C)SC(=O)N(CC)CC. The highest BCUT2D eigenvalue weighted by Gasteiger charge is 2.34. The molecule has 0 rings (SSSR count). The van der Waals surface area contributed by atoms with Gasteiger partial charge in [-0.3, -0.25) is 9.59 Å². The van der Waals surface area contributed by atoms with E-state index in [-0.39, 0.29) is 11.2 Å². The van der Waals surface area contributed by atoms with Gasteiger partial charge in [0.15, 0.2) is 0 Å². The highest BCUT2D eigenvalue weighted by Crippen LogP contribution is 2.28. The van der Waals surface area contributed by atoms with E-state index >= 15 is 0 Å². The van der Waals surface area contributed by atoms with Crippen LogP contribution in [0.3, 0.4) is 0 Å². The van der Waals surface area contributed by atoms with Gasteiger partial charge in [-0.1, -0.05) is 0 Å². The van der Waals surface area contributed by atoms with Gasteiger partial charge in [0.25, 0.3) is 5.24 Å². The minimum atomic E-state index is -0.824. The Bertz CT molecular complexity index is 250. The van der Waals surface area contributed by atoms with Crippen molar-refractivity contribution in [1.82, 2.24) is 4.90 Å². The van der Waals surface area contributed by atoms with Gasteiger partial charge in [0.05, 0.1) is 6.61 Å². The first kappa shape index (κ1) is 15.3.